The number of nitrogens with one attached hydrogen (secondary N) is 2. The maximum absolute atomic E-state index is 11.6. The zero-order chi connectivity index (χ0) is 15.5. The molecule has 0 bridgehead atoms. The number of hydrogen-bond donors (Lipinski definition) is 3. The fourth-order valence-electron chi connectivity index (χ4n) is 1.54. The quantitative estimate of drug-likeness (QED) is 0.739. The molecule has 1 aromatic heterocycles. The average molecular weight is 327 g/mol. The second-order valence-electron chi connectivity index (χ2n) is 4.02. The molecular weight excluding hydrogens is 314 g/mol. The maximum Gasteiger partial charge on any atom is 0.355 e. The van der Waals surface area contributed by atoms with Gasteiger partial charge in [-0.3, -0.25) is 0 Å². The van der Waals surface area contributed by atoms with Crippen molar-refractivity contribution in [3.05, 3.63) is 40.3 Å². The first kappa shape index (κ1) is 15.4. The van der Waals surface area contributed by atoms with Crippen molar-refractivity contribution in [3.8, 4) is 0 Å². The molecular formula is C12H13N3O4S2. The number of nitrogens with zero attached hydrogens (tertiary/aromatic N) is 1. The zero-order valence-corrected chi connectivity index (χ0v) is 12.7. The van der Waals surface area contributed by atoms with E-state index in [4.69, 9.17) is 5.11 Å². The van der Waals surface area contributed by atoms with E-state index in [1.54, 1.807) is 12.1 Å². The molecule has 0 aliphatic carbocycles. The Morgan fingerprint density at radius 2 is 2.00 bits per heavy atom. The Balaban J connectivity index is 2.02. The third-order valence-corrected chi connectivity index (χ3v) is 4.93. The Kier molecular flexibility index (Phi) is 4.56. The predicted octanol–water partition coefficient (Wildman–Crippen LogP) is 1.36. The van der Waals surface area contributed by atoms with Gasteiger partial charge in [-0.1, -0.05) is 0 Å². The van der Waals surface area contributed by atoms with E-state index in [0.29, 0.717) is 11.6 Å². The van der Waals surface area contributed by atoms with E-state index in [-0.39, 0.29) is 10.6 Å². The van der Waals surface area contributed by atoms with E-state index in [0.717, 1.165) is 5.69 Å². The molecule has 0 atom stereocenters. The van der Waals surface area contributed by atoms with Gasteiger partial charge < -0.3 is 10.4 Å². The Hall–Kier alpha value is -1.97. The predicted molar refractivity (Wildman–Crippen MR) is 79.1 cm³/mol. The second kappa shape index (κ2) is 6.20. The zero-order valence-electron chi connectivity index (χ0n) is 11.0. The van der Waals surface area contributed by atoms with Gasteiger partial charge in [0.25, 0.3) is 0 Å². The molecule has 2 rings (SSSR count). The Morgan fingerprint density at radius 3 is 2.52 bits per heavy atom. The van der Waals surface area contributed by atoms with Crippen LogP contribution < -0.4 is 10.0 Å². The monoisotopic (exact) mass is 327 g/mol. The topological polar surface area (TPSA) is 108 Å². The summed E-state index contributed by atoms with van der Waals surface area (Å²) in [4.78, 5) is 14.8. The first-order valence-electron chi connectivity index (χ1n) is 5.87. The van der Waals surface area contributed by atoms with Crippen LogP contribution in [0.4, 0.5) is 5.69 Å². The van der Waals surface area contributed by atoms with Gasteiger partial charge in [0.1, 0.15) is 5.01 Å². The molecule has 0 amide bonds. The maximum atomic E-state index is 11.6. The highest BCUT2D eigenvalue weighted by Gasteiger charge is 2.11. The molecule has 0 radical (unpaired) electrons. The van der Waals surface area contributed by atoms with Crippen LogP contribution in [0.15, 0.2) is 34.5 Å². The standard InChI is InChI=1S/C12H13N3O4S2/c1-13-21(18,19)9-4-2-8(3-5-9)14-6-11-15-10(7-20-11)12(16)17/h2-5,7,13-14H,6H2,1H3,(H,16,17). The summed E-state index contributed by atoms with van der Waals surface area (Å²) in [5.74, 6) is -1.06. The number of thiazole rings is 1. The minimum atomic E-state index is -3.44. The number of carbonyl (C=O) groups is 1. The summed E-state index contributed by atoms with van der Waals surface area (Å²) < 4.78 is 25.4. The van der Waals surface area contributed by atoms with Gasteiger partial charge in [0.15, 0.2) is 5.69 Å². The highest BCUT2D eigenvalue weighted by Crippen LogP contribution is 2.16. The summed E-state index contributed by atoms with van der Waals surface area (Å²) in [5, 5.41) is 13.9. The lowest BCUT2D eigenvalue weighted by atomic mass is 10.3. The highest BCUT2D eigenvalue weighted by molar-refractivity contribution is 7.89. The fraction of sp³-hybridized carbons (Fsp3) is 0.167. The lowest BCUT2D eigenvalue weighted by Crippen LogP contribution is -2.18. The summed E-state index contributed by atoms with van der Waals surface area (Å²) in [7, 11) is -2.09. The van der Waals surface area contributed by atoms with Crippen molar-refractivity contribution in [2.75, 3.05) is 12.4 Å². The van der Waals surface area contributed by atoms with Crippen molar-refractivity contribution in [3.63, 3.8) is 0 Å². The van der Waals surface area contributed by atoms with E-state index in [2.05, 4.69) is 15.0 Å². The molecule has 0 saturated heterocycles. The van der Waals surface area contributed by atoms with Gasteiger partial charge in [-0.2, -0.15) is 0 Å². The SMILES string of the molecule is CNS(=O)(=O)c1ccc(NCc2nc(C(=O)O)cs2)cc1. The number of anilines is 1. The van der Waals surface area contributed by atoms with Crippen LogP contribution >= 0.6 is 11.3 Å². The van der Waals surface area contributed by atoms with E-state index in [1.165, 1.54) is 35.9 Å². The van der Waals surface area contributed by atoms with Crippen molar-refractivity contribution in [2.45, 2.75) is 11.4 Å². The van der Waals surface area contributed by atoms with Gasteiger partial charge in [-0.15, -0.1) is 11.3 Å². The van der Waals surface area contributed by atoms with Crippen LogP contribution in [-0.2, 0) is 16.6 Å². The first-order valence-corrected chi connectivity index (χ1v) is 8.24. The third kappa shape index (κ3) is 3.78. The van der Waals surface area contributed by atoms with Gasteiger partial charge in [0.2, 0.25) is 10.0 Å². The van der Waals surface area contributed by atoms with Crippen LogP contribution in [0.5, 0.6) is 0 Å². The van der Waals surface area contributed by atoms with Crippen LogP contribution in [0.3, 0.4) is 0 Å². The molecule has 7 nitrogen and oxygen atoms in total. The van der Waals surface area contributed by atoms with Crippen molar-refractivity contribution >= 4 is 33.0 Å². The molecule has 0 saturated carbocycles. The molecule has 3 N–H and O–H groups in total. The van der Waals surface area contributed by atoms with Crippen molar-refractivity contribution in [1.82, 2.24) is 9.71 Å². The fourth-order valence-corrected chi connectivity index (χ4v) is 2.98. The van der Waals surface area contributed by atoms with Gasteiger partial charge in [-0.25, -0.2) is 22.9 Å². The molecule has 9 heteroatoms. The summed E-state index contributed by atoms with van der Waals surface area (Å²) >= 11 is 1.25. The minimum Gasteiger partial charge on any atom is -0.476 e. The van der Waals surface area contributed by atoms with Gasteiger partial charge in [0, 0.05) is 11.1 Å². The van der Waals surface area contributed by atoms with Crippen molar-refractivity contribution < 1.29 is 18.3 Å². The minimum absolute atomic E-state index is 0.0206. The number of aromatic carboxylic acids is 1. The van der Waals surface area contributed by atoms with Crippen LogP contribution in [0.25, 0.3) is 0 Å². The number of aromatic nitrogens is 1. The number of rotatable bonds is 6. The van der Waals surface area contributed by atoms with E-state index in [1.807, 2.05) is 0 Å². The molecule has 2 aromatic rings. The summed E-state index contributed by atoms with van der Waals surface area (Å²) in [6, 6.07) is 6.24. The number of sulfonamides is 1. The smallest absolute Gasteiger partial charge is 0.355 e. The van der Waals surface area contributed by atoms with Crippen molar-refractivity contribution in [1.29, 1.82) is 0 Å². The first-order chi connectivity index (χ1) is 9.92. The molecule has 0 aliphatic rings. The highest BCUT2D eigenvalue weighted by atomic mass is 32.2. The molecule has 112 valence electrons. The van der Waals surface area contributed by atoms with Crippen LogP contribution in [-0.4, -0.2) is 31.5 Å². The van der Waals surface area contributed by atoms with Gasteiger partial charge in [-0.05, 0) is 31.3 Å². The molecule has 21 heavy (non-hydrogen) atoms. The Bertz CT molecular complexity index is 738. The van der Waals surface area contributed by atoms with Gasteiger partial charge >= 0.3 is 5.97 Å². The lowest BCUT2D eigenvalue weighted by molar-refractivity contribution is 0.0691. The van der Waals surface area contributed by atoms with Crippen LogP contribution in [0, 0.1) is 0 Å². The number of carboxylic acid groups (broad SMARTS) is 1. The lowest BCUT2D eigenvalue weighted by Gasteiger charge is -2.06. The number of carboxylic acids is 1. The Morgan fingerprint density at radius 1 is 1.33 bits per heavy atom. The largest absolute Gasteiger partial charge is 0.476 e. The van der Waals surface area contributed by atoms with Crippen LogP contribution in [0.2, 0.25) is 0 Å². The van der Waals surface area contributed by atoms with Crippen LogP contribution in [0.1, 0.15) is 15.5 Å². The molecule has 0 unspecified atom stereocenters. The molecule has 0 fully saturated rings. The van der Waals surface area contributed by atoms with Gasteiger partial charge in [0.05, 0.1) is 11.4 Å². The summed E-state index contributed by atoms with van der Waals surface area (Å²) in [6.07, 6.45) is 0. The molecule has 0 aliphatic heterocycles. The second-order valence-corrected chi connectivity index (χ2v) is 6.85. The van der Waals surface area contributed by atoms with E-state index >= 15 is 0 Å². The molecule has 1 aromatic carbocycles. The Labute approximate surface area is 125 Å². The normalized spacial score (nSPS) is 11.3. The molecule has 1 heterocycles. The van der Waals surface area contributed by atoms with E-state index in [9.17, 15) is 13.2 Å². The number of benzene rings is 1. The van der Waals surface area contributed by atoms with Crippen molar-refractivity contribution in [2.24, 2.45) is 0 Å². The molecule has 0 spiro atoms. The average Bonchev–Trinajstić information content (AvgIpc) is 2.95. The summed E-state index contributed by atoms with van der Waals surface area (Å²) in [6.45, 7) is 0.371. The summed E-state index contributed by atoms with van der Waals surface area (Å²) in [5.41, 5.74) is 0.740. The number of hydrogen-bond acceptors (Lipinski definition) is 6. The third-order valence-electron chi connectivity index (χ3n) is 2.65. The van der Waals surface area contributed by atoms with E-state index < -0.39 is 16.0 Å².